The Hall–Kier alpha value is -1.98. The second-order valence-electron chi connectivity index (χ2n) is 10.1. The molecule has 4 N–H and O–H groups in total. The quantitative estimate of drug-likeness (QED) is 0.128. The normalized spacial score (nSPS) is 26.9. The number of halogens is 3. The van der Waals surface area contributed by atoms with Crippen molar-refractivity contribution in [3.05, 3.63) is 12.0 Å². The van der Waals surface area contributed by atoms with Crippen molar-refractivity contribution in [1.82, 2.24) is 15.1 Å². The first-order chi connectivity index (χ1) is 18.8. The summed E-state index contributed by atoms with van der Waals surface area (Å²) >= 11 is 5.51. The van der Waals surface area contributed by atoms with Crippen LogP contribution < -0.4 is 10.2 Å². The lowest BCUT2D eigenvalue weighted by Gasteiger charge is -2.36. The molecule has 0 spiro atoms. The Morgan fingerprint density at radius 2 is 1.59 bits per heavy atom. The number of aliphatic hydroxyl groups excluding tert-OH is 2. The third-order valence-electron chi connectivity index (χ3n) is 5.83. The Morgan fingerprint density at radius 3 is 2.02 bits per heavy atom. The maximum absolute atomic E-state index is 14.5. The Bertz CT molecular complexity index is 1060. The van der Waals surface area contributed by atoms with Gasteiger partial charge >= 0.3 is 11.9 Å². The first-order valence-electron chi connectivity index (χ1n) is 12.6. The molecule has 41 heavy (non-hydrogen) atoms. The molecule has 1 saturated heterocycles. The van der Waals surface area contributed by atoms with Gasteiger partial charge in [0.25, 0.3) is 6.43 Å². The fourth-order valence-corrected chi connectivity index (χ4v) is 6.72. The number of nitrogens with zero attached hydrogens (tertiary/aromatic N) is 1. The fraction of sp³-hybridized carbons (Fsp3) is 0.739. The van der Waals surface area contributed by atoms with Gasteiger partial charge in [-0.05, 0) is 53.3 Å². The molecule has 0 aliphatic carbocycles. The van der Waals surface area contributed by atoms with E-state index < -0.39 is 104 Å². The third kappa shape index (κ3) is 8.54. The highest BCUT2D eigenvalue weighted by atomic mass is 32.4. The lowest BCUT2D eigenvalue weighted by molar-refractivity contribution is -0.199. The average Bonchev–Trinajstić information content (AvgIpc) is 3.10. The van der Waals surface area contributed by atoms with Crippen LogP contribution in [0.2, 0.25) is 0 Å². The number of hydrogen-bond donors (Lipinski definition) is 4. The summed E-state index contributed by atoms with van der Waals surface area (Å²) in [6.07, 6.45) is -11.8. The van der Waals surface area contributed by atoms with Crippen LogP contribution in [0.25, 0.3) is 0 Å². The van der Waals surface area contributed by atoms with E-state index in [9.17, 15) is 42.6 Å². The van der Waals surface area contributed by atoms with Crippen molar-refractivity contribution in [2.75, 3.05) is 6.61 Å². The minimum absolute atomic E-state index is 0.384. The summed E-state index contributed by atoms with van der Waals surface area (Å²) < 4.78 is 64.0. The van der Waals surface area contributed by atoms with Crippen LogP contribution in [-0.4, -0.2) is 100 Å². The Balaban J connectivity index is 2.37. The van der Waals surface area contributed by atoms with Crippen molar-refractivity contribution in [3.8, 4) is 0 Å². The maximum atomic E-state index is 14.5. The van der Waals surface area contributed by atoms with Crippen LogP contribution in [-0.2, 0) is 49.7 Å². The van der Waals surface area contributed by atoms with Gasteiger partial charge in [0.05, 0.1) is 25.2 Å². The second kappa shape index (κ2) is 14.0. The summed E-state index contributed by atoms with van der Waals surface area (Å²) in [5.41, 5.74) is -3.02. The summed E-state index contributed by atoms with van der Waals surface area (Å²) in [6, 6.07) is -2.34. The van der Waals surface area contributed by atoms with E-state index in [2.05, 4.69) is 10.2 Å². The van der Waals surface area contributed by atoms with Gasteiger partial charge in [-0.2, -0.15) is 0 Å². The molecule has 6 atom stereocenters. The molecule has 0 bridgehead atoms. The summed E-state index contributed by atoms with van der Waals surface area (Å²) in [7, 11) is 0. The topological polar surface area (TPSA) is 173 Å². The molecule has 0 aromatic carbocycles. The lowest BCUT2D eigenvalue weighted by atomic mass is 9.96. The van der Waals surface area contributed by atoms with Crippen LogP contribution in [0.1, 0.15) is 48.0 Å². The van der Waals surface area contributed by atoms with E-state index in [1.807, 2.05) is 0 Å². The van der Waals surface area contributed by atoms with E-state index >= 15 is 0 Å². The number of rotatable bonds is 13. The average molecular weight is 634 g/mol. The molecule has 0 aromatic heterocycles. The van der Waals surface area contributed by atoms with E-state index in [4.69, 9.17) is 30.5 Å². The summed E-state index contributed by atoms with van der Waals surface area (Å²) in [6.45, 7) is 3.98. The highest BCUT2D eigenvalue weighted by Gasteiger charge is 2.62. The highest BCUT2D eigenvalue weighted by Crippen LogP contribution is 2.45. The van der Waals surface area contributed by atoms with Gasteiger partial charge in [-0.15, -0.1) is 0 Å². The summed E-state index contributed by atoms with van der Waals surface area (Å²) in [5.74, 6) is -5.16. The zero-order valence-electron chi connectivity index (χ0n) is 23.2. The van der Waals surface area contributed by atoms with E-state index in [1.54, 1.807) is 27.7 Å². The number of amides is 1. The lowest BCUT2D eigenvalue weighted by Crippen LogP contribution is -2.53. The first kappa shape index (κ1) is 35.2. The van der Waals surface area contributed by atoms with Gasteiger partial charge in [0.1, 0.15) is 24.3 Å². The molecular weight excluding hydrogens is 598 g/mol. The number of alkyl halides is 2. The van der Waals surface area contributed by atoms with Gasteiger partial charge in [0, 0.05) is 6.20 Å². The molecule has 18 heteroatoms. The summed E-state index contributed by atoms with van der Waals surface area (Å²) in [4.78, 5) is 49.0. The Morgan fingerprint density at radius 1 is 1.10 bits per heavy atom. The molecule has 234 valence electrons. The smallest absolute Gasteiger partial charge is 0.323 e. The van der Waals surface area contributed by atoms with Gasteiger partial charge in [-0.1, -0.05) is 0 Å². The monoisotopic (exact) mass is 633 g/mol. The summed E-state index contributed by atoms with van der Waals surface area (Å²) in [5, 5.41) is 26.5. The number of esters is 2. The zero-order valence-corrected chi connectivity index (χ0v) is 24.9. The molecule has 0 unspecified atom stereocenters. The minimum Gasteiger partial charge on any atom is -0.462 e. The van der Waals surface area contributed by atoms with Crippen molar-refractivity contribution in [2.24, 2.45) is 0 Å². The van der Waals surface area contributed by atoms with Crippen LogP contribution in [0, 0.1) is 0 Å². The largest absolute Gasteiger partial charge is 0.462 e. The number of carbonyl (C=O) groups is 4. The predicted molar refractivity (Wildman–Crippen MR) is 139 cm³/mol. The van der Waals surface area contributed by atoms with Gasteiger partial charge in [-0.25, -0.2) is 23.3 Å². The molecule has 0 saturated carbocycles. The van der Waals surface area contributed by atoms with Crippen molar-refractivity contribution < 1.29 is 61.3 Å². The number of ether oxygens (including phenoxy) is 3. The van der Waals surface area contributed by atoms with Crippen LogP contribution in [0.5, 0.6) is 0 Å². The molecule has 2 aliphatic heterocycles. The zero-order chi connectivity index (χ0) is 31.4. The van der Waals surface area contributed by atoms with Gasteiger partial charge in [-0.3, -0.25) is 24.1 Å². The molecule has 1 fully saturated rings. The van der Waals surface area contributed by atoms with Crippen molar-refractivity contribution in [2.45, 2.75) is 103 Å². The standard InChI is InChI=1S/C23H35F3N3O10PS/c1-10(2)37-20(34)12(5)27-40(41,28-13(6)21(35)38-11(3)4)36-9-23(22(25)26)18(33)17(32)19(39-23)29-8-14(24)15(30)7-16(29)31/h8,10-13,17-19,22,32-33H,7,9H2,1-6H3,(H2,27,28,41)/t12-,13-,17-,18-,19+,23+/m0/s1. The van der Waals surface area contributed by atoms with Crippen LogP contribution in [0.4, 0.5) is 13.2 Å². The number of allylic oxidation sites excluding steroid dienone is 1. The maximum Gasteiger partial charge on any atom is 0.323 e. The van der Waals surface area contributed by atoms with Crippen LogP contribution in [0.15, 0.2) is 12.0 Å². The minimum atomic E-state index is -3.86. The van der Waals surface area contributed by atoms with E-state index in [0.29, 0.717) is 11.1 Å². The second-order valence-corrected chi connectivity index (χ2v) is 13.5. The Labute approximate surface area is 239 Å². The number of carbonyl (C=O) groups excluding carboxylic acids is 4. The number of aliphatic hydroxyl groups is 2. The molecular formula is C23H35F3N3O10PS. The molecule has 1 amide bonds. The van der Waals surface area contributed by atoms with Crippen molar-refractivity contribution in [3.63, 3.8) is 0 Å². The predicted octanol–water partition coefficient (Wildman–Crippen LogP) is 0.781. The molecule has 13 nitrogen and oxygen atoms in total. The van der Waals surface area contributed by atoms with Crippen molar-refractivity contribution in [1.29, 1.82) is 0 Å². The molecule has 0 radical (unpaired) electrons. The fourth-order valence-electron chi connectivity index (χ4n) is 3.78. The van der Waals surface area contributed by atoms with Crippen LogP contribution >= 0.6 is 6.57 Å². The van der Waals surface area contributed by atoms with Gasteiger partial charge < -0.3 is 28.9 Å². The van der Waals surface area contributed by atoms with E-state index in [-0.39, 0.29) is 0 Å². The van der Waals surface area contributed by atoms with Crippen molar-refractivity contribution >= 4 is 42.0 Å². The Kier molecular flexibility index (Phi) is 12.0. The molecule has 2 rings (SSSR count). The highest BCUT2D eigenvalue weighted by molar-refractivity contribution is 8.10. The van der Waals surface area contributed by atoms with E-state index in [1.165, 1.54) is 13.8 Å². The van der Waals surface area contributed by atoms with Gasteiger partial charge in [0.2, 0.25) is 11.7 Å². The SMILES string of the molecule is CC(C)OC(=O)[C@H](C)NP(=S)(N[C@@H](C)C(=O)OC(C)C)OC[C@@]1(C(F)F)O[C@@H](N2C=C(F)C(=O)CC2=O)[C@@H](O)[C@@H]1O. The molecule has 2 heterocycles. The third-order valence-corrected chi connectivity index (χ3v) is 8.72. The number of ketones is 1. The number of nitrogens with one attached hydrogen (secondary N) is 2. The van der Waals surface area contributed by atoms with Crippen LogP contribution in [0.3, 0.4) is 0 Å². The number of Topliss-reactive ketones (excluding diaryl/α,β-unsaturated/α-hetero) is 1. The molecule has 2 aliphatic rings. The first-order valence-corrected chi connectivity index (χ1v) is 15.3. The van der Waals surface area contributed by atoms with E-state index in [0.717, 1.165) is 0 Å². The molecule has 0 aromatic rings. The van der Waals surface area contributed by atoms with Gasteiger partial charge in [0.15, 0.2) is 24.2 Å². The number of hydrogen-bond acceptors (Lipinski definition) is 11.